The van der Waals surface area contributed by atoms with Gasteiger partial charge >= 0.3 is 12.0 Å². The molecule has 3 N–H and O–H groups in total. The van der Waals surface area contributed by atoms with E-state index in [9.17, 15) is 9.59 Å². The van der Waals surface area contributed by atoms with Crippen molar-refractivity contribution in [1.82, 2.24) is 15.5 Å². The minimum atomic E-state index is -1.02. The summed E-state index contributed by atoms with van der Waals surface area (Å²) in [6.07, 6.45) is 5.60. The molecule has 0 radical (unpaired) electrons. The molecular weight excluding hydrogens is 234 g/mol. The van der Waals surface area contributed by atoms with Crippen LogP contribution in [0.5, 0.6) is 0 Å². The standard InChI is InChI=1S/C12H21N3O3/c1-15-9-3-2-4-10(15)6-8(5-9)14-12(18)13-7-11(16)17/h8-10H,2-7H2,1H3,(H,16,17)(H2,13,14,18). The first-order valence-electron chi connectivity index (χ1n) is 6.54. The van der Waals surface area contributed by atoms with Gasteiger partial charge in [-0.15, -0.1) is 0 Å². The average Bonchev–Trinajstić information content (AvgIpc) is 2.28. The average molecular weight is 255 g/mol. The highest BCUT2D eigenvalue weighted by molar-refractivity contribution is 5.79. The smallest absolute Gasteiger partial charge is 0.323 e. The zero-order valence-corrected chi connectivity index (χ0v) is 10.7. The number of aliphatic carboxylic acids is 1. The monoisotopic (exact) mass is 255 g/mol. The van der Waals surface area contributed by atoms with Crippen molar-refractivity contribution in [2.45, 2.75) is 50.2 Å². The van der Waals surface area contributed by atoms with Crippen molar-refractivity contribution in [3.05, 3.63) is 0 Å². The molecule has 2 aliphatic heterocycles. The number of amides is 2. The Hall–Kier alpha value is -1.30. The molecule has 2 aliphatic rings. The quantitative estimate of drug-likeness (QED) is 0.681. The van der Waals surface area contributed by atoms with Gasteiger partial charge < -0.3 is 20.6 Å². The van der Waals surface area contributed by atoms with E-state index < -0.39 is 5.97 Å². The van der Waals surface area contributed by atoms with Crippen LogP contribution in [0.4, 0.5) is 4.79 Å². The van der Waals surface area contributed by atoms with Crippen LogP contribution in [-0.4, -0.2) is 53.7 Å². The van der Waals surface area contributed by atoms with Gasteiger partial charge in [-0.05, 0) is 32.7 Å². The van der Waals surface area contributed by atoms with E-state index in [1.165, 1.54) is 19.3 Å². The van der Waals surface area contributed by atoms with Crippen LogP contribution >= 0.6 is 0 Å². The van der Waals surface area contributed by atoms with E-state index in [0.29, 0.717) is 12.1 Å². The molecule has 0 spiro atoms. The molecule has 6 nitrogen and oxygen atoms in total. The lowest BCUT2D eigenvalue weighted by Crippen LogP contribution is -2.56. The Morgan fingerprint density at radius 2 is 1.89 bits per heavy atom. The fraction of sp³-hybridized carbons (Fsp3) is 0.833. The zero-order chi connectivity index (χ0) is 13.1. The van der Waals surface area contributed by atoms with Gasteiger partial charge in [0.05, 0.1) is 0 Å². The van der Waals surface area contributed by atoms with Crippen molar-refractivity contribution < 1.29 is 14.7 Å². The van der Waals surface area contributed by atoms with Crippen LogP contribution in [0.15, 0.2) is 0 Å². The lowest BCUT2D eigenvalue weighted by molar-refractivity contribution is -0.135. The second-order valence-electron chi connectivity index (χ2n) is 5.29. The van der Waals surface area contributed by atoms with Crippen LogP contribution in [0, 0.1) is 0 Å². The molecule has 2 fully saturated rings. The number of piperidine rings is 2. The molecule has 0 aliphatic carbocycles. The van der Waals surface area contributed by atoms with Crippen LogP contribution in [0.25, 0.3) is 0 Å². The first-order valence-corrected chi connectivity index (χ1v) is 6.54. The first-order chi connectivity index (χ1) is 8.56. The van der Waals surface area contributed by atoms with Gasteiger partial charge in [0.15, 0.2) is 0 Å². The van der Waals surface area contributed by atoms with Crippen molar-refractivity contribution in [1.29, 1.82) is 0 Å². The molecule has 18 heavy (non-hydrogen) atoms. The van der Waals surface area contributed by atoms with Crippen molar-refractivity contribution in [3.8, 4) is 0 Å². The summed E-state index contributed by atoms with van der Waals surface area (Å²) in [4.78, 5) is 24.3. The van der Waals surface area contributed by atoms with Crippen molar-refractivity contribution >= 4 is 12.0 Å². The first kappa shape index (κ1) is 13.1. The lowest BCUT2D eigenvalue weighted by atomic mass is 9.82. The number of hydrogen-bond acceptors (Lipinski definition) is 3. The number of urea groups is 1. The number of carbonyl (C=O) groups is 2. The lowest BCUT2D eigenvalue weighted by Gasteiger charge is -2.47. The van der Waals surface area contributed by atoms with Crippen LogP contribution in [0.3, 0.4) is 0 Å². The van der Waals surface area contributed by atoms with Crippen LogP contribution < -0.4 is 10.6 Å². The maximum absolute atomic E-state index is 11.5. The van der Waals surface area contributed by atoms with E-state index in [-0.39, 0.29) is 18.6 Å². The number of carboxylic acid groups (broad SMARTS) is 1. The predicted octanol–water partition coefficient (Wildman–Crippen LogP) is 0.386. The van der Waals surface area contributed by atoms with Crippen LogP contribution in [-0.2, 0) is 4.79 Å². The van der Waals surface area contributed by atoms with Gasteiger partial charge in [-0.25, -0.2) is 4.79 Å². The number of hydrogen-bond donors (Lipinski definition) is 3. The number of nitrogens with one attached hydrogen (secondary N) is 2. The van der Waals surface area contributed by atoms with E-state index in [2.05, 4.69) is 22.6 Å². The number of rotatable bonds is 3. The highest BCUT2D eigenvalue weighted by Crippen LogP contribution is 2.32. The molecule has 102 valence electrons. The Kier molecular flexibility index (Phi) is 4.06. The van der Waals surface area contributed by atoms with E-state index in [1.54, 1.807) is 0 Å². The Morgan fingerprint density at radius 3 is 2.44 bits per heavy atom. The number of nitrogens with zero attached hydrogens (tertiary/aromatic N) is 1. The molecule has 2 amide bonds. The maximum Gasteiger partial charge on any atom is 0.323 e. The highest BCUT2D eigenvalue weighted by Gasteiger charge is 2.36. The third kappa shape index (κ3) is 3.13. The molecule has 0 aromatic heterocycles. The molecule has 0 aromatic rings. The summed E-state index contributed by atoms with van der Waals surface area (Å²) < 4.78 is 0. The zero-order valence-electron chi connectivity index (χ0n) is 10.7. The van der Waals surface area contributed by atoms with E-state index >= 15 is 0 Å². The van der Waals surface area contributed by atoms with Gasteiger partial charge in [-0.2, -0.15) is 0 Å². The maximum atomic E-state index is 11.5. The SMILES string of the molecule is CN1C2CCCC1CC(NC(=O)NCC(=O)O)C2. The van der Waals surface area contributed by atoms with Crippen LogP contribution in [0.1, 0.15) is 32.1 Å². The summed E-state index contributed by atoms with van der Waals surface area (Å²) in [7, 11) is 2.16. The third-order valence-corrected chi connectivity index (χ3v) is 4.08. The van der Waals surface area contributed by atoms with Crippen LogP contribution in [0.2, 0.25) is 0 Å². The second kappa shape index (κ2) is 5.56. The van der Waals surface area contributed by atoms with Gasteiger partial charge in [0.25, 0.3) is 0 Å². The Balaban J connectivity index is 1.80. The normalized spacial score (nSPS) is 31.7. The summed E-state index contributed by atoms with van der Waals surface area (Å²) in [6, 6.07) is 0.917. The van der Waals surface area contributed by atoms with Crippen molar-refractivity contribution in [2.24, 2.45) is 0 Å². The minimum Gasteiger partial charge on any atom is -0.480 e. The number of carboxylic acids is 1. The molecule has 2 bridgehead atoms. The largest absolute Gasteiger partial charge is 0.480 e. The molecule has 2 atom stereocenters. The van der Waals surface area contributed by atoms with Gasteiger partial charge in [0, 0.05) is 18.1 Å². The summed E-state index contributed by atoms with van der Waals surface area (Å²) >= 11 is 0. The Bertz CT molecular complexity index is 321. The molecule has 2 unspecified atom stereocenters. The van der Waals surface area contributed by atoms with Gasteiger partial charge in [-0.1, -0.05) is 6.42 Å². The van der Waals surface area contributed by atoms with Crippen molar-refractivity contribution in [3.63, 3.8) is 0 Å². The topological polar surface area (TPSA) is 81.7 Å². The fourth-order valence-corrected chi connectivity index (χ4v) is 3.13. The van der Waals surface area contributed by atoms with E-state index in [1.807, 2.05) is 0 Å². The highest BCUT2D eigenvalue weighted by atomic mass is 16.4. The summed E-state index contributed by atoms with van der Waals surface area (Å²) in [6.45, 7) is -0.328. The molecule has 6 heteroatoms. The number of carbonyl (C=O) groups excluding carboxylic acids is 1. The summed E-state index contributed by atoms with van der Waals surface area (Å²) in [5.41, 5.74) is 0. The second-order valence-corrected chi connectivity index (χ2v) is 5.29. The fourth-order valence-electron chi connectivity index (χ4n) is 3.13. The van der Waals surface area contributed by atoms with Gasteiger partial charge in [-0.3, -0.25) is 4.79 Å². The van der Waals surface area contributed by atoms with E-state index in [0.717, 1.165) is 12.8 Å². The summed E-state index contributed by atoms with van der Waals surface area (Å²) in [5.74, 6) is -1.02. The Morgan fingerprint density at radius 1 is 1.28 bits per heavy atom. The molecule has 0 aromatic carbocycles. The molecule has 2 heterocycles. The summed E-state index contributed by atoms with van der Waals surface area (Å²) in [5, 5.41) is 13.7. The van der Waals surface area contributed by atoms with Gasteiger partial charge in [0.2, 0.25) is 0 Å². The third-order valence-electron chi connectivity index (χ3n) is 4.08. The van der Waals surface area contributed by atoms with Crippen molar-refractivity contribution in [2.75, 3.05) is 13.6 Å². The molecule has 0 saturated carbocycles. The minimum absolute atomic E-state index is 0.172. The predicted molar refractivity (Wildman–Crippen MR) is 66.4 cm³/mol. The molecule has 2 rings (SSSR count). The van der Waals surface area contributed by atoms with E-state index in [4.69, 9.17) is 5.11 Å². The van der Waals surface area contributed by atoms with Gasteiger partial charge in [0.1, 0.15) is 6.54 Å². The molecular formula is C12H21N3O3. The number of fused-ring (bicyclic) bond motifs is 2. The molecule has 2 saturated heterocycles. The Labute approximate surface area is 107 Å².